The lowest BCUT2D eigenvalue weighted by Gasteiger charge is -2.10. The second-order valence-electron chi connectivity index (χ2n) is 5.43. The Morgan fingerprint density at radius 1 is 1.12 bits per heavy atom. The van der Waals surface area contributed by atoms with Gasteiger partial charge in [-0.2, -0.15) is 0 Å². The number of hydrogen-bond donors (Lipinski definition) is 1. The Hall–Kier alpha value is -2.31. The second-order valence-corrected chi connectivity index (χ2v) is 6.31. The van der Waals surface area contributed by atoms with Crippen LogP contribution in [0, 0.1) is 0 Å². The Kier molecular flexibility index (Phi) is 6.40. The van der Waals surface area contributed by atoms with Crippen molar-refractivity contribution in [2.24, 2.45) is 0 Å². The Bertz CT molecular complexity index is 714. The predicted molar refractivity (Wildman–Crippen MR) is 97.2 cm³/mol. The van der Waals surface area contributed by atoms with E-state index in [2.05, 4.69) is 5.32 Å². The minimum absolute atomic E-state index is 0.0184. The molecule has 0 atom stereocenters. The standard InChI is InChI=1S/C18H20N2O3S/c1-20(2)12-17(21)13-7-9-15(10-8-13)23-18(22)19-14-5-4-6-16(11-14)24-3/h4-11H,12H2,1-3H3,(H,19,22). The number of likely N-dealkylation sites (N-methyl/N-ethyl adjacent to an activating group) is 1. The summed E-state index contributed by atoms with van der Waals surface area (Å²) in [7, 11) is 3.68. The molecular formula is C18H20N2O3S. The van der Waals surface area contributed by atoms with Gasteiger partial charge in [-0.25, -0.2) is 4.79 Å². The van der Waals surface area contributed by atoms with E-state index in [1.165, 1.54) is 0 Å². The highest BCUT2D eigenvalue weighted by molar-refractivity contribution is 7.98. The summed E-state index contributed by atoms with van der Waals surface area (Å²) in [5.41, 5.74) is 1.26. The summed E-state index contributed by atoms with van der Waals surface area (Å²) >= 11 is 1.59. The SMILES string of the molecule is CSc1cccc(NC(=O)Oc2ccc(C(=O)CN(C)C)cc2)c1. The molecule has 5 nitrogen and oxygen atoms in total. The monoisotopic (exact) mass is 344 g/mol. The van der Waals surface area contributed by atoms with Gasteiger partial charge in [-0.05, 0) is 62.8 Å². The van der Waals surface area contributed by atoms with Crippen LogP contribution in [0.15, 0.2) is 53.4 Å². The van der Waals surface area contributed by atoms with E-state index in [9.17, 15) is 9.59 Å². The number of Topliss-reactive ketones (excluding diaryl/α,β-unsaturated/α-hetero) is 1. The van der Waals surface area contributed by atoms with E-state index in [1.54, 1.807) is 42.1 Å². The maximum absolute atomic E-state index is 11.9. The largest absolute Gasteiger partial charge is 0.417 e. The number of rotatable bonds is 6. The van der Waals surface area contributed by atoms with Crippen molar-refractivity contribution >= 4 is 29.3 Å². The quantitative estimate of drug-likeness (QED) is 0.639. The smallest absolute Gasteiger partial charge is 0.410 e. The van der Waals surface area contributed by atoms with Crippen molar-refractivity contribution in [2.75, 3.05) is 32.2 Å². The van der Waals surface area contributed by atoms with Crippen molar-refractivity contribution in [1.82, 2.24) is 4.90 Å². The van der Waals surface area contributed by atoms with Crippen LogP contribution in [0.2, 0.25) is 0 Å². The van der Waals surface area contributed by atoms with Crippen LogP contribution in [0.25, 0.3) is 0 Å². The molecule has 0 bridgehead atoms. The number of carbonyl (C=O) groups excluding carboxylic acids is 2. The molecule has 0 aliphatic carbocycles. The summed E-state index contributed by atoms with van der Waals surface area (Å²) in [6.07, 6.45) is 1.40. The Morgan fingerprint density at radius 2 is 1.83 bits per heavy atom. The molecule has 2 rings (SSSR count). The van der Waals surface area contributed by atoms with E-state index in [1.807, 2.05) is 43.5 Å². The van der Waals surface area contributed by atoms with E-state index in [0.717, 1.165) is 4.90 Å². The number of nitrogens with one attached hydrogen (secondary N) is 1. The van der Waals surface area contributed by atoms with Crippen LogP contribution in [0.4, 0.5) is 10.5 Å². The molecule has 0 unspecified atom stereocenters. The van der Waals surface area contributed by atoms with Crippen LogP contribution < -0.4 is 10.1 Å². The molecule has 126 valence electrons. The zero-order valence-electron chi connectivity index (χ0n) is 13.9. The fourth-order valence-corrected chi connectivity index (χ4v) is 2.50. The van der Waals surface area contributed by atoms with Crippen LogP contribution in [0.3, 0.4) is 0 Å². The summed E-state index contributed by atoms with van der Waals surface area (Å²) in [5, 5.41) is 2.68. The van der Waals surface area contributed by atoms with Gasteiger partial charge in [0.1, 0.15) is 5.75 Å². The van der Waals surface area contributed by atoms with Gasteiger partial charge in [0.15, 0.2) is 5.78 Å². The third kappa shape index (κ3) is 5.40. The van der Waals surface area contributed by atoms with E-state index < -0.39 is 6.09 Å². The van der Waals surface area contributed by atoms with Gasteiger partial charge in [0.2, 0.25) is 0 Å². The van der Waals surface area contributed by atoms with Gasteiger partial charge in [0.25, 0.3) is 0 Å². The average molecular weight is 344 g/mol. The first-order valence-corrected chi connectivity index (χ1v) is 8.61. The van der Waals surface area contributed by atoms with Gasteiger partial charge in [0, 0.05) is 16.1 Å². The predicted octanol–water partition coefficient (Wildman–Crippen LogP) is 3.76. The zero-order valence-corrected chi connectivity index (χ0v) is 14.7. The number of benzene rings is 2. The van der Waals surface area contributed by atoms with Crippen LogP contribution >= 0.6 is 11.8 Å². The molecule has 0 radical (unpaired) electrons. The first-order chi connectivity index (χ1) is 11.5. The van der Waals surface area contributed by atoms with Crippen molar-refractivity contribution in [1.29, 1.82) is 0 Å². The van der Waals surface area contributed by atoms with Crippen LogP contribution in [0.1, 0.15) is 10.4 Å². The van der Waals surface area contributed by atoms with Crippen LogP contribution in [-0.2, 0) is 0 Å². The van der Waals surface area contributed by atoms with E-state index in [0.29, 0.717) is 23.5 Å². The molecule has 24 heavy (non-hydrogen) atoms. The van der Waals surface area contributed by atoms with E-state index in [-0.39, 0.29) is 5.78 Å². The van der Waals surface area contributed by atoms with Gasteiger partial charge in [-0.3, -0.25) is 10.1 Å². The van der Waals surface area contributed by atoms with Crippen molar-refractivity contribution in [3.05, 3.63) is 54.1 Å². The van der Waals surface area contributed by atoms with Crippen molar-refractivity contribution in [3.63, 3.8) is 0 Å². The minimum Gasteiger partial charge on any atom is -0.410 e. The second kappa shape index (κ2) is 8.52. The molecular weight excluding hydrogens is 324 g/mol. The topological polar surface area (TPSA) is 58.6 Å². The van der Waals surface area contributed by atoms with E-state index in [4.69, 9.17) is 4.74 Å². The van der Waals surface area contributed by atoms with Crippen LogP contribution in [-0.4, -0.2) is 43.7 Å². The summed E-state index contributed by atoms with van der Waals surface area (Å²) < 4.78 is 5.23. The highest BCUT2D eigenvalue weighted by Gasteiger charge is 2.09. The molecule has 2 aromatic rings. The molecule has 6 heteroatoms. The van der Waals surface area contributed by atoms with Crippen molar-refractivity contribution < 1.29 is 14.3 Å². The Balaban J connectivity index is 1.95. The average Bonchev–Trinajstić information content (AvgIpc) is 2.55. The van der Waals surface area contributed by atoms with Gasteiger partial charge in [0.05, 0.1) is 6.54 Å². The Labute approximate surface area is 146 Å². The summed E-state index contributed by atoms with van der Waals surface area (Å²) in [5.74, 6) is 0.403. The molecule has 2 aromatic carbocycles. The molecule has 1 amide bonds. The third-order valence-corrected chi connectivity index (χ3v) is 3.89. The number of thioether (sulfide) groups is 1. The van der Waals surface area contributed by atoms with Gasteiger partial charge >= 0.3 is 6.09 Å². The first-order valence-electron chi connectivity index (χ1n) is 7.39. The number of ether oxygens (including phenoxy) is 1. The lowest BCUT2D eigenvalue weighted by Crippen LogP contribution is -2.21. The summed E-state index contributed by atoms with van der Waals surface area (Å²) in [6.45, 7) is 0.340. The molecule has 0 aromatic heterocycles. The molecule has 0 spiro atoms. The summed E-state index contributed by atoms with van der Waals surface area (Å²) in [4.78, 5) is 26.7. The number of amides is 1. The highest BCUT2D eigenvalue weighted by atomic mass is 32.2. The molecule has 0 saturated carbocycles. The maximum Gasteiger partial charge on any atom is 0.417 e. The Morgan fingerprint density at radius 3 is 2.46 bits per heavy atom. The lowest BCUT2D eigenvalue weighted by molar-refractivity contribution is 0.0958. The number of ketones is 1. The first kappa shape index (κ1) is 18.0. The molecule has 0 aliphatic heterocycles. The number of nitrogens with zero attached hydrogens (tertiary/aromatic N) is 1. The molecule has 0 fully saturated rings. The van der Waals surface area contributed by atoms with Crippen molar-refractivity contribution in [2.45, 2.75) is 4.90 Å². The summed E-state index contributed by atoms with van der Waals surface area (Å²) in [6, 6.07) is 14.0. The lowest BCUT2D eigenvalue weighted by atomic mass is 10.1. The van der Waals surface area contributed by atoms with Crippen molar-refractivity contribution in [3.8, 4) is 5.75 Å². The highest BCUT2D eigenvalue weighted by Crippen LogP contribution is 2.19. The number of hydrogen-bond acceptors (Lipinski definition) is 5. The maximum atomic E-state index is 11.9. The number of anilines is 1. The van der Waals surface area contributed by atoms with E-state index >= 15 is 0 Å². The minimum atomic E-state index is -0.569. The molecule has 0 aliphatic rings. The fourth-order valence-electron chi connectivity index (χ4n) is 2.04. The van der Waals surface area contributed by atoms with Gasteiger partial charge in [-0.1, -0.05) is 6.07 Å². The van der Waals surface area contributed by atoms with Gasteiger partial charge in [-0.15, -0.1) is 11.8 Å². The van der Waals surface area contributed by atoms with Crippen LogP contribution in [0.5, 0.6) is 5.75 Å². The molecule has 0 saturated heterocycles. The fraction of sp³-hybridized carbons (Fsp3) is 0.222. The molecule has 0 heterocycles. The molecule has 1 N–H and O–H groups in total. The number of carbonyl (C=O) groups is 2. The third-order valence-electron chi connectivity index (χ3n) is 3.16. The van der Waals surface area contributed by atoms with Gasteiger partial charge < -0.3 is 9.64 Å². The normalized spacial score (nSPS) is 10.5. The zero-order chi connectivity index (χ0) is 17.5.